The Kier molecular flexibility index (Phi) is 8.34. The number of hydrogen-bond donors (Lipinski definition) is 0. The highest BCUT2D eigenvalue weighted by Crippen LogP contribution is 2.20. The van der Waals surface area contributed by atoms with Gasteiger partial charge in [-0.1, -0.05) is 49.6 Å². The summed E-state index contributed by atoms with van der Waals surface area (Å²) in [5.74, 6) is 1.77. The minimum absolute atomic E-state index is 0.0617. The van der Waals surface area contributed by atoms with Crippen molar-refractivity contribution in [2.45, 2.75) is 51.9 Å². The van der Waals surface area contributed by atoms with Gasteiger partial charge in [0.05, 0.1) is 6.61 Å². The zero-order valence-electron chi connectivity index (χ0n) is 17.3. The molecule has 0 bridgehead atoms. The number of ether oxygens (including phenoxy) is 3. The Bertz CT molecular complexity index is 718. The summed E-state index contributed by atoms with van der Waals surface area (Å²) in [5, 5.41) is 0. The first kappa shape index (κ1) is 21.8. The Labute approximate surface area is 169 Å². The molecular formula is C25H32O3. The third kappa shape index (κ3) is 8.01. The van der Waals surface area contributed by atoms with Gasteiger partial charge >= 0.3 is 0 Å². The van der Waals surface area contributed by atoms with Crippen LogP contribution >= 0.6 is 0 Å². The summed E-state index contributed by atoms with van der Waals surface area (Å²) in [7, 11) is 0. The van der Waals surface area contributed by atoms with E-state index in [1.54, 1.807) is 0 Å². The Hall–Kier alpha value is -2.52. The third-order valence-corrected chi connectivity index (χ3v) is 4.06. The minimum atomic E-state index is -0.129. The lowest BCUT2D eigenvalue weighted by Gasteiger charge is -2.23. The number of rotatable bonds is 5. The van der Waals surface area contributed by atoms with Crippen LogP contribution in [0.2, 0.25) is 0 Å². The Morgan fingerprint density at radius 1 is 0.857 bits per heavy atom. The average molecular weight is 381 g/mol. The normalized spacial score (nSPS) is 16.3. The van der Waals surface area contributed by atoms with Gasteiger partial charge < -0.3 is 14.2 Å². The zero-order chi connectivity index (χ0) is 20.4. The largest absolute Gasteiger partial charge is 0.488 e. The van der Waals surface area contributed by atoms with E-state index in [1.165, 1.54) is 6.42 Å². The summed E-state index contributed by atoms with van der Waals surface area (Å²) in [6.45, 7) is 14.3. The van der Waals surface area contributed by atoms with Crippen LogP contribution in [0.5, 0.6) is 11.5 Å². The molecule has 3 heteroatoms. The quantitative estimate of drug-likeness (QED) is 0.575. The van der Waals surface area contributed by atoms with Gasteiger partial charge in [0.15, 0.2) is 6.29 Å². The predicted molar refractivity (Wildman–Crippen MR) is 118 cm³/mol. The van der Waals surface area contributed by atoms with Crippen molar-refractivity contribution in [3.8, 4) is 11.5 Å². The first-order valence-corrected chi connectivity index (χ1v) is 9.82. The van der Waals surface area contributed by atoms with Gasteiger partial charge in [0.25, 0.3) is 0 Å². The maximum absolute atomic E-state index is 5.70. The molecule has 150 valence electrons. The smallest absolute Gasteiger partial charge is 0.199 e. The average Bonchev–Trinajstić information content (AvgIpc) is 2.69. The first-order chi connectivity index (χ1) is 13.4. The van der Waals surface area contributed by atoms with Crippen molar-refractivity contribution in [2.75, 3.05) is 6.61 Å². The van der Waals surface area contributed by atoms with Gasteiger partial charge in [-0.25, -0.2) is 0 Å². The maximum atomic E-state index is 5.70. The SMILES string of the molecule is C=Cc1ccc(OC(C)(C)C)cc1.C=Cc1ccc(OC2CCCCO2)cc1. The third-order valence-electron chi connectivity index (χ3n) is 4.06. The van der Waals surface area contributed by atoms with Crippen LogP contribution in [-0.4, -0.2) is 18.5 Å². The highest BCUT2D eigenvalue weighted by Gasteiger charge is 2.14. The van der Waals surface area contributed by atoms with Crippen molar-refractivity contribution < 1.29 is 14.2 Å². The van der Waals surface area contributed by atoms with Gasteiger partial charge in [0, 0.05) is 6.42 Å². The predicted octanol–water partition coefficient (Wildman–Crippen LogP) is 6.74. The second kappa shape index (κ2) is 10.7. The molecule has 2 aromatic rings. The second-order valence-corrected chi connectivity index (χ2v) is 7.67. The Morgan fingerprint density at radius 3 is 1.82 bits per heavy atom. The summed E-state index contributed by atoms with van der Waals surface area (Å²) in [6, 6.07) is 15.8. The van der Waals surface area contributed by atoms with E-state index < -0.39 is 0 Å². The monoisotopic (exact) mass is 380 g/mol. The number of benzene rings is 2. The van der Waals surface area contributed by atoms with Crippen LogP contribution in [0.4, 0.5) is 0 Å². The van der Waals surface area contributed by atoms with E-state index in [1.807, 2.05) is 81.5 Å². The van der Waals surface area contributed by atoms with Crippen LogP contribution in [0.15, 0.2) is 61.7 Å². The van der Waals surface area contributed by atoms with Crippen LogP contribution < -0.4 is 9.47 Å². The van der Waals surface area contributed by atoms with Crippen molar-refractivity contribution in [1.82, 2.24) is 0 Å². The molecule has 1 saturated heterocycles. The Morgan fingerprint density at radius 2 is 1.39 bits per heavy atom. The zero-order valence-corrected chi connectivity index (χ0v) is 17.3. The van der Waals surface area contributed by atoms with Crippen LogP contribution in [0, 0.1) is 0 Å². The standard InChI is InChI=1S/C13H16O2.C12H16O/c1-2-11-6-8-12(9-7-11)15-13-5-3-4-10-14-13;1-5-10-6-8-11(9-7-10)13-12(2,3)4/h2,6-9,13H,1,3-5,10H2;5-9H,1H2,2-4H3. The van der Waals surface area contributed by atoms with Gasteiger partial charge in [-0.05, 0) is 69.0 Å². The molecule has 3 rings (SSSR count). The van der Waals surface area contributed by atoms with E-state index in [-0.39, 0.29) is 11.9 Å². The molecule has 0 spiro atoms. The van der Waals surface area contributed by atoms with Crippen molar-refractivity contribution in [3.63, 3.8) is 0 Å². The molecule has 0 radical (unpaired) electrons. The van der Waals surface area contributed by atoms with Crippen LogP contribution in [0.3, 0.4) is 0 Å². The molecule has 1 aliphatic rings. The highest BCUT2D eigenvalue weighted by molar-refractivity contribution is 5.48. The van der Waals surface area contributed by atoms with Gasteiger partial charge in [0.1, 0.15) is 17.1 Å². The molecule has 0 N–H and O–H groups in total. The molecule has 3 nitrogen and oxygen atoms in total. The summed E-state index contributed by atoms with van der Waals surface area (Å²) in [6.07, 6.45) is 6.91. The molecule has 0 aromatic heterocycles. The summed E-state index contributed by atoms with van der Waals surface area (Å²) in [5.41, 5.74) is 2.09. The second-order valence-electron chi connectivity index (χ2n) is 7.67. The van der Waals surface area contributed by atoms with E-state index in [4.69, 9.17) is 14.2 Å². The van der Waals surface area contributed by atoms with Crippen LogP contribution in [0.25, 0.3) is 12.2 Å². The van der Waals surface area contributed by atoms with Crippen molar-refractivity contribution in [3.05, 3.63) is 72.8 Å². The van der Waals surface area contributed by atoms with E-state index in [9.17, 15) is 0 Å². The lowest BCUT2D eigenvalue weighted by atomic mass is 10.2. The van der Waals surface area contributed by atoms with Gasteiger partial charge in [0.2, 0.25) is 0 Å². The minimum Gasteiger partial charge on any atom is -0.488 e. The van der Waals surface area contributed by atoms with Crippen molar-refractivity contribution in [2.24, 2.45) is 0 Å². The fourth-order valence-corrected chi connectivity index (χ4v) is 2.66. The van der Waals surface area contributed by atoms with E-state index in [2.05, 4.69) is 13.2 Å². The van der Waals surface area contributed by atoms with E-state index >= 15 is 0 Å². The van der Waals surface area contributed by atoms with Crippen molar-refractivity contribution in [1.29, 1.82) is 0 Å². The lowest BCUT2D eigenvalue weighted by Crippen LogP contribution is -2.24. The summed E-state index contributed by atoms with van der Waals surface area (Å²) in [4.78, 5) is 0. The maximum Gasteiger partial charge on any atom is 0.199 e. The molecule has 28 heavy (non-hydrogen) atoms. The molecule has 2 aromatic carbocycles. The Balaban J connectivity index is 0.000000203. The van der Waals surface area contributed by atoms with Crippen molar-refractivity contribution >= 4 is 12.2 Å². The highest BCUT2D eigenvalue weighted by atomic mass is 16.7. The number of hydrogen-bond acceptors (Lipinski definition) is 3. The lowest BCUT2D eigenvalue weighted by molar-refractivity contribution is -0.105. The van der Waals surface area contributed by atoms with Gasteiger partial charge in [-0.15, -0.1) is 0 Å². The van der Waals surface area contributed by atoms with Gasteiger partial charge in [-0.3, -0.25) is 0 Å². The molecule has 1 heterocycles. The van der Waals surface area contributed by atoms with E-state index in [0.717, 1.165) is 42.1 Å². The molecule has 0 saturated carbocycles. The topological polar surface area (TPSA) is 27.7 Å². The first-order valence-electron chi connectivity index (χ1n) is 9.82. The summed E-state index contributed by atoms with van der Waals surface area (Å²) >= 11 is 0. The van der Waals surface area contributed by atoms with Gasteiger partial charge in [-0.2, -0.15) is 0 Å². The molecule has 1 atom stereocenters. The van der Waals surface area contributed by atoms with E-state index in [0.29, 0.717) is 0 Å². The van der Waals surface area contributed by atoms with Crippen LogP contribution in [-0.2, 0) is 4.74 Å². The molecule has 0 aliphatic carbocycles. The fraction of sp³-hybridized carbons (Fsp3) is 0.360. The molecule has 0 amide bonds. The fourth-order valence-electron chi connectivity index (χ4n) is 2.66. The molecule has 1 aliphatic heterocycles. The summed E-state index contributed by atoms with van der Waals surface area (Å²) < 4.78 is 16.9. The van der Waals surface area contributed by atoms with Crippen LogP contribution in [0.1, 0.15) is 51.2 Å². The molecule has 1 unspecified atom stereocenters. The molecule has 1 fully saturated rings. The molecular weight excluding hydrogens is 348 g/mol.